The van der Waals surface area contributed by atoms with E-state index in [4.69, 9.17) is 0 Å². The van der Waals surface area contributed by atoms with E-state index in [9.17, 15) is 0 Å². The number of aromatic nitrogens is 2. The lowest BCUT2D eigenvalue weighted by Gasteiger charge is -2.08. The molecule has 0 unspecified atom stereocenters. The average Bonchev–Trinajstić information content (AvgIpc) is 2.60. The standard InChI is InChI=1S/C10H7BrI2N2/c11-5-7-3-1-2-4-8(7)15-6-14-9(12)10(15)13/h1-4,6H,5H2. The Morgan fingerprint density at radius 2 is 2.00 bits per heavy atom. The van der Waals surface area contributed by atoms with Crippen LogP contribution >= 0.6 is 61.1 Å². The third-order valence-corrected chi connectivity index (χ3v) is 5.52. The Morgan fingerprint density at radius 3 is 2.60 bits per heavy atom. The molecule has 0 aliphatic carbocycles. The number of nitrogens with zero attached hydrogens (tertiary/aromatic N) is 2. The van der Waals surface area contributed by atoms with Gasteiger partial charge in [-0.1, -0.05) is 34.1 Å². The van der Waals surface area contributed by atoms with E-state index < -0.39 is 0 Å². The van der Waals surface area contributed by atoms with Gasteiger partial charge >= 0.3 is 0 Å². The Balaban J connectivity index is 2.58. The molecular weight excluding hydrogens is 482 g/mol. The molecule has 0 aliphatic rings. The lowest BCUT2D eigenvalue weighted by Crippen LogP contribution is -1.98. The van der Waals surface area contributed by atoms with Crippen LogP contribution in [0.2, 0.25) is 0 Å². The molecule has 0 aliphatic heterocycles. The molecule has 2 nitrogen and oxygen atoms in total. The zero-order valence-electron chi connectivity index (χ0n) is 7.62. The van der Waals surface area contributed by atoms with Gasteiger partial charge in [0.25, 0.3) is 0 Å². The summed E-state index contributed by atoms with van der Waals surface area (Å²) >= 11 is 8.06. The summed E-state index contributed by atoms with van der Waals surface area (Å²) in [5.41, 5.74) is 2.46. The van der Waals surface area contributed by atoms with Gasteiger partial charge in [-0.15, -0.1) is 0 Å². The highest BCUT2D eigenvalue weighted by atomic mass is 127. The molecule has 0 saturated heterocycles. The van der Waals surface area contributed by atoms with Gasteiger partial charge in [0.05, 0.1) is 5.69 Å². The van der Waals surface area contributed by atoms with Gasteiger partial charge in [-0.25, -0.2) is 4.98 Å². The molecule has 0 fully saturated rings. The Hall–Kier alpha value is 0.370. The molecule has 2 aromatic rings. The lowest BCUT2D eigenvalue weighted by atomic mass is 10.2. The van der Waals surface area contributed by atoms with Crippen molar-refractivity contribution in [1.29, 1.82) is 0 Å². The van der Waals surface area contributed by atoms with Gasteiger partial charge in [0.2, 0.25) is 0 Å². The van der Waals surface area contributed by atoms with Gasteiger partial charge in [0.1, 0.15) is 13.7 Å². The van der Waals surface area contributed by atoms with Crippen LogP contribution in [0.4, 0.5) is 0 Å². The first-order valence-electron chi connectivity index (χ1n) is 4.26. The number of rotatable bonds is 2. The Labute approximate surface area is 124 Å². The van der Waals surface area contributed by atoms with Crippen molar-refractivity contribution in [2.75, 3.05) is 0 Å². The first kappa shape index (κ1) is 11.8. The van der Waals surface area contributed by atoms with Crippen LogP contribution in [0.5, 0.6) is 0 Å². The molecule has 2 rings (SSSR count). The molecule has 0 atom stereocenters. The van der Waals surface area contributed by atoms with Crippen LogP contribution in [0.25, 0.3) is 5.69 Å². The maximum atomic E-state index is 4.29. The predicted octanol–water partition coefficient (Wildman–Crippen LogP) is 3.98. The Morgan fingerprint density at radius 1 is 1.27 bits per heavy atom. The molecule has 0 spiro atoms. The van der Waals surface area contributed by atoms with E-state index in [1.165, 1.54) is 11.3 Å². The second-order valence-electron chi connectivity index (χ2n) is 2.96. The van der Waals surface area contributed by atoms with Gasteiger partial charge in [-0.05, 0) is 56.8 Å². The summed E-state index contributed by atoms with van der Waals surface area (Å²) in [6.07, 6.45) is 1.87. The molecule has 1 heterocycles. The van der Waals surface area contributed by atoms with Crippen molar-refractivity contribution in [3.05, 3.63) is 43.6 Å². The highest BCUT2D eigenvalue weighted by Gasteiger charge is 2.09. The lowest BCUT2D eigenvalue weighted by molar-refractivity contribution is 1.01. The van der Waals surface area contributed by atoms with Crippen molar-refractivity contribution in [1.82, 2.24) is 9.55 Å². The summed E-state index contributed by atoms with van der Waals surface area (Å²) in [7, 11) is 0. The van der Waals surface area contributed by atoms with Crippen LogP contribution in [0.3, 0.4) is 0 Å². The normalized spacial score (nSPS) is 10.6. The maximum absolute atomic E-state index is 4.29. The molecule has 0 amide bonds. The Kier molecular flexibility index (Phi) is 4.05. The van der Waals surface area contributed by atoms with E-state index >= 15 is 0 Å². The molecule has 0 N–H and O–H groups in total. The van der Waals surface area contributed by atoms with E-state index in [-0.39, 0.29) is 0 Å². The van der Waals surface area contributed by atoms with Crippen molar-refractivity contribution in [2.45, 2.75) is 5.33 Å². The van der Waals surface area contributed by atoms with E-state index in [0.29, 0.717) is 0 Å². The third-order valence-electron chi connectivity index (χ3n) is 2.06. The first-order valence-corrected chi connectivity index (χ1v) is 7.54. The molecule has 15 heavy (non-hydrogen) atoms. The number of imidazole rings is 1. The minimum atomic E-state index is 0.855. The summed E-state index contributed by atoms with van der Waals surface area (Å²) in [4.78, 5) is 4.29. The van der Waals surface area contributed by atoms with Crippen molar-refractivity contribution in [3.8, 4) is 5.69 Å². The van der Waals surface area contributed by atoms with Crippen molar-refractivity contribution in [2.24, 2.45) is 0 Å². The predicted molar refractivity (Wildman–Crippen MR) is 81.6 cm³/mol. The molecule has 0 saturated carbocycles. The largest absolute Gasteiger partial charge is 0.293 e. The highest BCUT2D eigenvalue weighted by Crippen LogP contribution is 2.22. The Bertz CT molecular complexity index is 482. The summed E-state index contributed by atoms with van der Waals surface area (Å²) in [6.45, 7) is 0. The van der Waals surface area contributed by atoms with Crippen LogP contribution in [0.1, 0.15) is 5.56 Å². The smallest absolute Gasteiger partial charge is 0.133 e. The van der Waals surface area contributed by atoms with Crippen LogP contribution in [0, 0.1) is 7.40 Å². The second kappa shape index (κ2) is 5.13. The molecule has 0 radical (unpaired) electrons. The fraction of sp³-hybridized carbons (Fsp3) is 0.100. The summed E-state index contributed by atoms with van der Waals surface area (Å²) in [6, 6.07) is 8.32. The van der Waals surface area contributed by atoms with E-state index in [1.54, 1.807) is 0 Å². The van der Waals surface area contributed by atoms with Crippen LogP contribution in [0.15, 0.2) is 30.6 Å². The minimum absolute atomic E-state index is 0.855. The highest BCUT2D eigenvalue weighted by molar-refractivity contribution is 14.1. The summed E-state index contributed by atoms with van der Waals surface area (Å²) in [5.74, 6) is 0. The van der Waals surface area contributed by atoms with Gasteiger partial charge in [0, 0.05) is 5.33 Å². The molecule has 1 aromatic heterocycles. The first-order chi connectivity index (χ1) is 7.24. The third kappa shape index (κ3) is 2.38. The van der Waals surface area contributed by atoms with Gasteiger partial charge < -0.3 is 0 Å². The monoisotopic (exact) mass is 488 g/mol. The molecule has 0 bridgehead atoms. The number of benzene rings is 1. The van der Waals surface area contributed by atoms with Crippen LogP contribution < -0.4 is 0 Å². The van der Waals surface area contributed by atoms with Crippen LogP contribution in [-0.4, -0.2) is 9.55 Å². The number of hydrogen-bond acceptors (Lipinski definition) is 1. The van der Waals surface area contributed by atoms with E-state index in [2.05, 4.69) is 88.9 Å². The zero-order chi connectivity index (χ0) is 10.8. The number of para-hydroxylation sites is 1. The summed E-state index contributed by atoms with van der Waals surface area (Å²) < 4.78 is 4.30. The van der Waals surface area contributed by atoms with E-state index in [1.807, 2.05) is 12.4 Å². The molecule has 1 aromatic carbocycles. The second-order valence-corrected chi connectivity index (χ2v) is 5.56. The quantitative estimate of drug-likeness (QED) is 0.462. The maximum Gasteiger partial charge on any atom is 0.133 e. The molecule has 5 heteroatoms. The number of hydrogen-bond donors (Lipinski definition) is 0. The minimum Gasteiger partial charge on any atom is -0.293 e. The van der Waals surface area contributed by atoms with Crippen molar-refractivity contribution in [3.63, 3.8) is 0 Å². The molecular formula is C10H7BrI2N2. The van der Waals surface area contributed by atoms with Crippen molar-refractivity contribution < 1.29 is 0 Å². The molecule has 78 valence electrons. The topological polar surface area (TPSA) is 17.8 Å². The van der Waals surface area contributed by atoms with Crippen molar-refractivity contribution >= 4 is 61.1 Å². The van der Waals surface area contributed by atoms with Gasteiger partial charge in [-0.3, -0.25) is 4.57 Å². The van der Waals surface area contributed by atoms with Gasteiger partial charge in [-0.2, -0.15) is 0 Å². The fourth-order valence-electron chi connectivity index (χ4n) is 1.34. The fourth-order valence-corrected chi connectivity index (χ4v) is 2.72. The van der Waals surface area contributed by atoms with Gasteiger partial charge in [0.15, 0.2) is 0 Å². The van der Waals surface area contributed by atoms with E-state index in [0.717, 1.165) is 12.7 Å². The number of alkyl halides is 1. The zero-order valence-corrected chi connectivity index (χ0v) is 13.5. The van der Waals surface area contributed by atoms with Crippen LogP contribution in [-0.2, 0) is 5.33 Å². The summed E-state index contributed by atoms with van der Waals surface area (Å²) in [5, 5.41) is 0.855. The average molecular weight is 489 g/mol. The number of halogens is 3. The SMILES string of the molecule is BrCc1ccccc1-n1cnc(I)c1I.